The van der Waals surface area contributed by atoms with Gasteiger partial charge in [0.2, 0.25) is 0 Å². The summed E-state index contributed by atoms with van der Waals surface area (Å²) in [5.74, 6) is -1.98. The number of carboxylic acids is 1. The Labute approximate surface area is 93.7 Å². The summed E-state index contributed by atoms with van der Waals surface area (Å²) in [6.45, 7) is 2.99. The predicted octanol–water partition coefficient (Wildman–Crippen LogP) is -1.31. The van der Waals surface area contributed by atoms with Crippen molar-refractivity contribution in [2.24, 2.45) is 11.5 Å². The van der Waals surface area contributed by atoms with E-state index in [0.717, 1.165) is 0 Å². The van der Waals surface area contributed by atoms with Crippen LogP contribution in [-0.2, 0) is 19.1 Å². The normalized spacial score (nSPS) is 18.3. The number of aliphatic carboxylic acids is 1. The maximum Gasteiger partial charge on any atom is 0.325 e. The Balaban J connectivity index is 4.29. The van der Waals surface area contributed by atoms with Crippen LogP contribution in [0.5, 0.6) is 0 Å². The van der Waals surface area contributed by atoms with Crippen LogP contribution in [0, 0.1) is 0 Å². The van der Waals surface area contributed by atoms with E-state index < -0.39 is 36.2 Å². The van der Waals surface area contributed by atoms with Crippen LogP contribution in [0.15, 0.2) is 0 Å². The van der Waals surface area contributed by atoms with Crippen molar-refractivity contribution >= 4 is 11.9 Å². The number of ether oxygens (including phenoxy) is 2. The maximum atomic E-state index is 11.4. The molecule has 0 aliphatic rings. The minimum Gasteiger partial charge on any atom is -0.480 e. The van der Waals surface area contributed by atoms with Gasteiger partial charge in [0.15, 0.2) is 0 Å². The summed E-state index contributed by atoms with van der Waals surface area (Å²) in [5.41, 5.74) is 10.8. The lowest BCUT2D eigenvalue weighted by atomic mass is 10.2. The fraction of sp³-hybridized carbons (Fsp3) is 0.778. The Morgan fingerprint density at radius 2 is 1.62 bits per heavy atom. The molecule has 7 heteroatoms. The Bertz CT molecular complexity index is 258. The minimum absolute atomic E-state index is 0.513. The second-order valence-corrected chi connectivity index (χ2v) is 3.47. The van der Waals surface area contributed by atoms with E-state index in [9.17, 15) is 9.59 Å². The smallest absolute Gasteiger partial charge is 0.325 e. The van der Waals surface area contributed by atoms with E-state index in [1.165, 1.54) is 14.0 Å². The third-order valence-corrected chi connectivity index (χ3v) is 2.24. The number of carbonyl (C=O) groups excluding carboxylic acids is 1. The van der Waals surface area contributed by atoms with E-state index in [1.807, 2.05) is 0 Å². The molecule has 4 atom stereocenters. The van der Waals surface area contributed by atoms with E-state index in [1.54, 1.807) is 6.92 Å². The van der Waals surface area contributed by atoms with Gasteiger partial charge in [0.1, 0.15) is 18.2 Å². The summed E-state index contributed by atoms with van der Waals surface area (Å²) in [6, 6.07) is -2.23. The van der Waals surface area contributed by atoms with Crippen molar-refractivity contribution < 1.29 is 24.2 Å². The monoisotopic (exact) mass is 234 g/mol. The first-order chi connectivity index (χ1) is 7.31. The number of hydrogen-bond acceptors (Lipinski definition) is 6. The number of rotatable bonds is 6. The van der Waals surface area contributed by atoms with Crippen LogP contribution in [0.3, 0.4) is 0 Å². The van der Waals surface area contributed by atoms with E-state index in [-0.39, 0.29) is 0 Å². The van der Waals surface area contributed by atoms with Crippen molar-refractivity contribution in [3.63, 3.8) is 0 Å². The molecule has 0 bridgehead atoms. The first-order valence-corrected chi connectivity index (χ1v) is 4.78. The Morgan fingerprint density at radius 3 is 2.00 bits per heavy atom. The second-order valence-electron chi connectivity index (χ2n) is 3.47. The molecule has 0 aliphatic carbocycles. The van der Waals surface area contributed by atoms with Gasteiger partial charge >= 0.3 is 11.9 Å². The lowest BCUT2D eigenvalue weighted by Crippen LogP contribution is -2.48. The SMILES string of the molecule is CO[C@H](C)[C@H](N)C(=O)O[C@H](C)[C@H](N)C(=O)O. The van der Waals surface area contributed by atoms with E-state index in [0.29, 0.717) is 0 Å². The standard InChI is InChI=1S/C9H18N2O5/c1-4(15-3)7(11)9(14)16-5(2)6(10)8(12)13/h4-7H,10-11H2,1-3H3,(H,12,13)/t4-,5-,6+,7+/m1/s1. The molecule has 0 aromatic rings. The molecule has 0 radical (unpaired) electrons. The highest BCUT2D eigenvalue weighted by Gasteiger charge is 2.28. The van der Waals surface area contributed by atoms with Gasteiger partial charge in [0.05, 0.1) is 6.10 Å². The molecule has 5 N–H and O–H groups in total. The molecule has 0 rings (SSSR count). The number of carbonyl (C=O) groups is 2. The molecule has 16 heavy (non-hydrogen) atoms. The highest BCUT2D eigenvalue weighted by molar-refractivity contribution is 5.78. The third-order valence-electron chi connectivity index (χ3n) is 2.24. The zero-order valence-electron chi connectivity index (χ0n) is 9.54. The summed E-state index contributed by atoms with van der Waals surface area (Å²) >= 11 is 0. The third kappa shape index (κ3) is 4.13. The molecule has 0 amide bonds. The molecule has 0 fully saturated rings. The quantitative estimate of drug-likeness (QED) is 0.487. The van der Waals surface area contributed by atoms with Gasteiger partial charge in [-0.25, -0.2) is 0 Å². The zero-order valence-corrected chi connectivity index (χ0v) is 9.54. The minimum atomic E-state index is -1.27. The van der Waals surface area contributed by atoms with Gasteiger partial charge < -0.3 is 26.0 Å². The van der Waals surface area contributed by atoms with Crippen LogP contribution in [0.25, 0.3) is 0 Å². The van der Waals surface area contributed by atoms with Crippen LogP contribution in [0.4, 0.5) is 0 Å². The first-order valence-electron chi connectivity index (χ1n) is 4.78. The van der Waals surface area contributed by atoms with Gasteiger partial charge in [-0.15, -0.1) is 0 Å². The first kappa shape index (κ1) is 14.8. The number of esters is 1. The van der Waals surface area contributed by atoms with E-state index >= 15 is 0 Å². The number of carboxylic acid groups (broad SMARTS) is 1. The van der Waals surface area contributed by atoms with Crippen LogP contribution in [0.2, 0.25) is 0 Å². The van der Waals surface area contributed by atoms with Gasteiger partial charge in [0, 0.05) is 7.11 Å². The van der Waals surface area contributed by atoms with Crippen molar-refractivity contribution in [3.8, 4) is 0 Å². The molecule has 7 nitrogen and oxygen atoms in total. The van der Waals surface area contributed by atoms with E-state index in [2.05, 4.69) is 0 Å². The molecule has 0 saturated carbocycles. The average Bonchev–Trinajstić information content (AvgIpc) is 2.25. The maximum absolute atomic E-state index is 11.4. The van der Waals surface area contributed by atoms with Crippen molar-refractivity contribution in [1.29, 1.82) is 0 Å². The summed E-state index contributed by atoms with van der Waals surface area (Å²) in [5, 5.41) is 8.59. The number of methoxy groups -OCH3 is 1. The summed E-state index contributed by atoms with van der Waals surface area (Å²) in [4.78, 5) is 21.9. The Morgan fingerprint density at radius 1 is 1.12 bits per heavy atom. The molecule has 0 aromatic carbocycles. The van der Waals surface area contributed by atoms with Crippen LogP contribution in [0.1, 0.15) is 13.8 Å². The van der Waals surface area contributed by atoms with Gasteiger partial charge in [0.25, 0.3) is 0 Å². The van der Waals surface area contributed by atoms with Crippen LogP contribution in [-0.4, -0.2) is 48.4 Å². The van der Waals surface area contributed by atoms with Crippen molar-refractivity contribution in [2.45, 2.75) is 38.1 Å². The van der Waals surface area contributed by atoms with Crippen LogP contribution < -0.4 is 11.5 Å². The lowest BCUT2D eigenvalue weighted by Gasteiger charge is -2.21. The zero-order chi connectivity index (χ0) is 12.9. The van der Waals surface area contributed by atoms with Gasteiger partial charge in [-0.2, -0.15) is 0 Å². The van der Waals surface area contributed by atoms with Gasteiger partial charge in [-0.1, -0.05) is 0 Å². The molecule has 0 saturated heterocycles. The molecule has 0 heterocycles. The highest BCUT2D eigenvalue weighted by Crippen LogP contribution is 2.03. The molecule has 0 aromatic heterocycles. The van der Waals surface area contributed by atoms with Gasteiger partial charge in [-0.3, -0.25) is 9.59 Å². The molecule has 94 valence electrons. The molecular formula is C9H18N2O5. The molecule has 0 spiro atoms. The summed E-state index contributed by atoms with van der Waals surface area (Å²) in [7, 11) is 1.41. The Kier molecular flexibility index (Phi) is 5.94. The van der Waals surface area contributed by atoms with Crippen LogP contribution >= 0.6 is 0 Å². The molecule has 0 unspecified atom stereocenters. The number of hydrogen-bond donors (Lipinski definition) is 3. The molecule has 0 aliphatic heterocycles. The number of nitrogens with two attached hydrogens (primary N) is 2. The summed E-state index contributed by atoms with van der Waals surface area (Å²) < 4.78 is 9.66. The lowest BCUT2D eigenvalue weighted by molar-refractivity contribution is -0.157. The topological polar surface area (TPSA) is 125 Å². The largest absolute Gasteiger partial charge is 0.480 e. The average molecular weight is 234 g/mol. The highest BCUT2D eigenvalue weighted by atomic mass is 16.6. The van der Waals surface area contributed by atoms with Crippen molar-refractivity contribution in [1.82, 2.24) is 0 Å². The Hall–Kier alpha value is -1.18. The molecular weight excluding hydrogens is 216 g/mol. The predicted molar refractivity (Wildman–Crippen MR) is 55.6 cm³/mol. The summed E-state index contributed by atoms with van der Waals surface area (Å²) in [6.07, 6.45) is -1.46. The fourth-order valence-corrected chi connectivity index (χ4v) is 0.874. The van der Waals surface area contributed by atoms with Crippen molar-refractivity contribution in [2.75, 3.05) is 7.11 Å². The van der Waals surface area contributed by atoms with Gasteiger partial charge in [-0.05, 0) is 13.8 Å². The van der Waals surface area contributed by atoms with Crippen molar-refractivity contribution in [3.05, 3.63) is 0 Å². The fourth-order valence-electron chi connectivity index (χ4n) is 0.874. The second kappa shape index (κ2) is 6.41. The van der Waals surface area contributed by atoms with E-state index in [4.69, 9.17) is 26.0 Å².